The standard InChI is InChI=1S/C15H25NO/c1-6-16(5)11-12-17-14-9-7-13(8-10-14)15(2,3)4/h7-10H,6,11-12H2,1-5H3. The molecule has 1 aromatic rings. The first-order valence-electron chi connectivity index (χ1n) is 6.35. The molecule has 0 aliphatic carbocycles. The van der Waals surface area contributed by atoms with Crippen molar-refractivity contribution in [2.75, 3.05) is 26.7 Å². The quantitative estimate of drug-likeness (QED) is 0.776. The third kappa shape index (κ3) is 4.78. The van der Waals surface area contributed by atoms with Crippen LogP contribution in [-0.2, 0) is 5.41 Å². The molecule has 0 saturated heterocycles. The fraction of sp³-hybridized carbons (Fsp3) is 0.600. The Balaban J connectivity index is 2.46. The maximum Gasteiger partial charge on any atom is 0.119 e. The molecule has 0 aliphatic rings. The molecule has 2 heteroatoms. The summed E-state index contributed by atoms with van der Waals surface area (Å²) in [6.45, 7) is 11.6. The molecule has 17 heavy (non-hydrogen) atoms. The molecular formula is C15H25NO. The lowest BCUT2D eigenvalue weighted by Crippen LogP contribution is -2.23. The molecule has 0 bridgehead atoms. The number of hydrogen-bond donors (Lipinski definition) is 0. The van der Waals surface area contributed by atoms with Crippen molar-refractivity contribution in [3.8, 4) is 5.75 Å². The average molecular weight is 235 g/mol. The van der Waals surface area contributed by atoms with E-state index in [9.17, 15) is 0 Å². The second-order valence-corrected chi connectivity index (χ2v) is 5.52. The van der Waals surface area contributed by atoms with Gasteiger partial charge in [0, 0.05) is 6.54 Å². The Labute approximate surface area is 106 Å². The van der Waals surface area contributed by atoms with Crippen LogP contribution >= 0.6 is 0 Å². The van der Waals surface area contributed by atoms with E-state index in [-0.39, 0.29) is 5.41 Å². The van der Waals surface area contributed by atoms with Crippen molar-refractivity contribution in [3.05, 3.63) is 29.8 Å². The van der Waals surface area contributed by atoms with Crippen LogP contribution in [0.3, 0.4) is 0 Å². The first-order chi connectivity index (χ1) is 7.93. The van der Waals surface area contributed by atoms with Gasteiger partial charge in [0.15, 0.2) is 0 Å². The molecule has 0 atom stereocenters. The van der Waals surface area contributed by atoms with Crippen molar-refractivity contribution in [1.82, 2.24) is 4.90 Å². The Hall–Kier alpha value is -1.02. The molecule has 0 heterocycles. The minimum atomic E-state index is 0.209. The fourth-order valence-corrected chi connectivity index (χ4v) is 1.53. The predicted octanol–water partition coefficient (Wildman–Crippen LogP) is 3.31. The summed E-state index contributed by atoms with van der Waals surface area (Å²) in [7, 11) is 2.10. The Morgan fingerprint density at radius 3 is 2.18 bits per heavy atom. The monoisotopic (exact) mass is 235 g/mol. The van der Waals surface area contributed by atoms with Gasteiger partial charge in [-0.2, -0.15) is 0 Å². The van der Waals surface area contributed by atoms with Gasteiger partial charge in [-0.15, -0.1) is 0 Å². The summed E-state index contributed by atoms with van der Waals surface area (Å²) < 4.78 is 5.70. The van der Waals surface area contributed by atoms with Gasteiger partial charge in [0.1, 0.15) is 12.4 Å². The molecule has 0 saturated carbocycles. The van der Waals surface area contributed by atoms with Gasteiger partial charge < -0.3 is 9.64 Å². The molecule has 0 aromatic heterocycles. The van der Waals surface area contributed by atoms with E-state index in [1.54, 1.807) is 0 Å². The molecule has 96 valence electrons. The van der Waals surface area contributed by atoms with Gasteiger partial charge in [0.05, 0.1) is 0 Å². The summed E-state index contributed by atoms with van der Waals surface area (Å²) in [5.41, 5.74) is 1.55. The topological polar surface area (TPSA) is 12.5 Å². The second kappa shape index (κ2) is 6.06. The molecule has 0 radical (unpaired) electrons. The Bertz CT molecular complexity index is 324. The molecule has 1 aromatic carbocycles. The van der Waals surface area contributed by atoms with Crippen LogP contribution in [0, 0.1) is 0 Å². The highest BCUT2D eigenvalue weighted by atomic mass is 16.5. The molecular weight excluding hydrogens is 210 g/mol. The lowest BCUT2D eigenvalue weighted by Gasteiger charge is -2.19. The van der Waals surface area contributed by atoms with Crippen LogP contribution in [0.1, 0.15) is 33.3 Å². The SMILES string of the molecule is CCN(C)CCOc1ccc(C(C)(C)C)cc1. The molecule has 0 spiro atoms. The van der Waals surface area contributed by atoms with Crippen molar-refractivity contribution in [2.45, 2.75) is 33.1 Å². The van der Waals surface area contributed by atoms with Gasteiger partial charge >= 0.3 is 0 Å². The Kier molecular flexibility index (Phi) is 5.01. The molecule has 0 N–H and O–H groups in total. The van der Waals surface area contributed by atoms with E-state index in [0.717, 1.165) is 25.4 Å². The molecule has 0 fully saturated rings. The van der Waals surface area contributed by atoms with E-state index in [1.807, 2.05) is 0 Å². The van der Waals surface area contributed by atoms with Crippen molar-refractivity contribution in [3.63, 3.8) is 0 Å². The van der Waals surface area contributed by atoms with Crippen LogP contribution < -0.4 is 4.74 Å². The first kappa shape index (κ1) is 14.0. The van der Waals surface area contributed by atoms with E-state index in [4.69, 9.17) is 4.74 Å². The zero-order valence-electron chi connectivity index (χ0n) is 11.8. The lowest BCUT2D eigenvalue weighted by molar-refractivity contribution is 0.243. The summed E-state index contributed by atoms with van der Waals surface area (Å²) in [5, 5.41) is 0. The molecule has 0 amide bonds. The smallest absolute Gasteiger partial charge is 0.119 e. The van der Waals surface area contributed by atoms with Crippen molar-refractivity contribution < 1.29 is 4.74 Å². The van der Waals surface area contributed by atoms with Crippen LogP contribution in [0.25, 0.3) is 0 Å². The van der Waals surface area contributed by atoms with E-state index >= 15 is 0 Å². The summed E-state index contributed by atoms with van der Waals surface area (Å²) in [4.78, 5) is 2.24. The van der Waals surface area contributed by atoms with E-state index < -0.39 is 0 Å². The number of likely N-dealkylation sites (N-methyl/N-ethyl adjacent to an activating group) is 1. The molecule has 0 aliphatic heterocycles. The van der Waals surface area contributed by atoms with Crippen LogP contribution in [-0.4, -0.2) is 31.6 Å². The van der Waals surface area contributed by atoms with Gasteiger partial charge in [0.2, 0.25) is 0 Å². The van der Waals surface area contributed by atoms with Gasteiger partial charge in [0.25, 0.3) is 0 Å². The van der Waals surface area contributed by atoms with Gasteiger partial charge in [-0.3, -0.25) is 0 Å². The van der Waals surface area contributed by atoms with Gasteiger partial charge in [-0.1, -0.05) is 39.8 Å². The lowest BCUT2D eigenvalue weighted by atomic mass is 9.87. The number of hydrogen-bond acceptors (Lipinski definition) is 2. The largest absolute Gasteiger partial charge is 0.492 e. The summed E-state index contributed by atoms with van der Waals surface area (Å²) in [5.74, 6) is 0.961. The summed E-state index contributed by atoms with van der Waals surface area (Å²) in [6.07, 6.45) is 0. The number of nitrogens with zero attached hydrogens (tertiary/aromatic N) is 1. The van der Waals surface area contributed by atoms with Crippen LogP contribution in [0.15, 0.2) is 24.3 Å². The van der Waals surface area contributed by atoms with E-state index in [1.165, 1.54) is 5.56 Å². The highest BCUT2D eigenvalue weighted by Crippen LogP contribution is 2.24. The molecule has 2 nitrogen and oxygen atoms in total. The van der Waals surface area contributed by atoms with Crippen molar-refractivity contribution in [1.29, 1.82) is 0 Å². The highest BCUT2D eigenvalue weighted by molar-refractivity contribution is 5.31. The van der Waals surface area contributed by atoms with Gasteiger partial charge in [-0.25, -0.2) is 0 Å². The Morgan fingerprint density at radius 1 is 1.12 bits per heavy atom. The molecule has 1 rings (SSSR count). The summed E-state index contributed by atoms with van der Waals surface area (Å²) in [6, 6.07) is 8.43. The zero-order chi connectivity index (χ0) is 12.9. The van der Waals surface area contributed by atoms with E-state index in [2.05, 4.69) is 63.9 Å². The zero-order valence-corrected chi connectivity index (χ0v) is 11.8. The van der Waals surface area contributed by atoms with E-state index in [0.29, 0.717) is 0 Å². The second-order valence-electron chi connectivity index (χ2n) is 5.52. The van der Waals surface area contributed by atoms with Crippen LogP contribution in [0.4, 0.5) is 0 Å². The predicted molar refractivity (Wildman–Crippen MR) is 73.8 cm³/mol. The van der Waals surface area contributed by atoms with Crippen LogP contribution in [0.2, 0.25) is 0 Å². The minimum Gasteiger partial charge on any atom is -0.492 e. The number of rotatable bonds is 5. The first-order valence-corrected chi connectivity index (χ1v) is 6.35. The highest BCUT2D eigenvalue weighted by Gasteiger charge is 2.12. The third-order valence-electron chi connectivity index (χ3n) is 3.00. The normalized spacial score (nSPS) is 11.9. The minimum absolute atomic E-state index is 0.209. The Morgan fingerprint density at radius 2 is 1.71 bits per heavy atom. The van der Waals surface area contributed by atoms with Crippen molar-refractivity contribution in [2.24, 2.45) is 0 Å². The number of ether oxygens (including phenoxy) is 1. The summed E-state index contributed by atoms with van der Waals surface area (Å²) >= 11 is 0. The number of benzene rings is 1. The van der Waals surface area contributed by atoms with Crippen LogP contribution in [0.5, 0.6) is 5.75 Å². The average Bonchev–Trinajstić information content (AvgIpc) is 2.28. The molecule has 0 unspecified atom stereocenters. The maximum absolute atomic E-state index is 5.70. The van der Waals surface area contributed by atoms with Crippen molar-refractivity contribution >= 4 is 0 Å². The maximum atomic E-state index is 5.70. The third-order valence-corrected chi connectivity index (χ3v) is 3.00. The fourth-order valence-electron chi connectivity index (χ4n) is 1.53. The van der Waals surface area contributed by atoms with Gasteiger partial charge in [-0.05, 0) is 36.7 Å².